The first kappa shape index (κ1) is 18.4. The third kappa shape index (κ3) is 3.48. The smallest absolute Gasteiger partial charge is 0.263 e. The van der Waals surface area contributed by atoms with Crippen LogP contribution in [0.25, 0.3) is 11.0 Å². The van der Waals surface area contributed by atoms with Gasteiger partial charge in [-0.2, -0.15) is 10.1 Å². The van der Waals surface area contributed by atoms with E-state index in [1.807, 2.05) is 4.68 Å². The van der Waals surface area contributed by atoms with Crippen LogP contribution in [0.1, 0.15) is 34.1 Å². The van der Waals surface area contributed by atoms with Gasteiger partial charge in [0.2, 0.25) is 5.95 Å². The van der Waals surface area contributed by atoms with Crippen LogP contribution in [-0.2, 0) is 5.54 Å². The van der Waals surface area contributed by atoms with Crippen molar-refractivity contribution in [1.82, 2.24) is 29.5 Å². The van der Waals surface area contributed by atoms with Gasteiger partial charge >= 0.3 is 0 Å². The van der Waals surface area contributed by atoms with Crippen molar-refractivity contribution in [3.63, 3.8) is 0 Å². The van der Waals surface area contributed by atoms with Crippen molar-refractivity contribution < 1.29 is 0 Å². The third-order valence-electron chi connectivity index (χ3n) is 5.89. The lowest BCUT2D eigenvalue weighted by molar-refractivity contribution is 0.107. The number of aromatic amines is 1. The van der Waals surface area contributed by atoms with E-state index in [1.54, 1.807) is 6.20 Å². The summed E-state index contributed by atoms with van der Waals surface area (Å²) in [5.41, 5.74) is 0.346. The Morgan fingerprint density at radius 2 is 1.93 bits per heavy atom. The molecule has 2 aliphatic heterocycles. The monoisotopic (exact) mass is 373 g/mol. The van der Waals surface area contributed by atoms with E-state index >= 15 is 0 Å². The van der Waals surface area contributed by atoms with Crippen molar-refractivity contribution in [3.8, 4) is 0 Å². The largest absolute Gasteiger partial charge is 0.341 e. The number of anilines is 1. The molecule has 2 aliphatic rings. The van der Waals surface area contributed by atoms with Gasteiger partial charge in [0.1, 0.15) is 5.39 Å². The molecule has 8 nitrogen and oxygen atoms in total. The molecule has 8 heteroatoms. The fraction of sp³-hybridized carbons (Fsp3) is 0.737. The fourth-order valence-electron chi connectivity index (χ4n) is 4.22. The molecule has 0 saturated carbocycles. The molecule has 0 aliphatic carbocycles. The van der Waals surface area contributed by atoms with Gasteiger partial charge in [0.15, 0.2) is 5.65 Å². The number of piperazine rings is 1. The molecule has 1 unspecified atom stereocenters. The number of nitrogens with zero attached hydrogens (tertiary/aromatic N) is 6. The predicted molar refractivity (Wildman–Crippen MR) is 107 cm³/mol. The molecule has 0 bridgehead atoms. The highest BCUT2D eigenvalue weighted by atomic mass is 16.1. The van der Waals surface area contributed by atoms with Gasteiger partial charge in [-0.25, -0.2) is 4.68 Å². The lowest BCUT2D eigenvalue weighted by Crippen LogP contribution is -2.50. The summed E-state index contributed by atoms with van der Waals surface area (Å²) in [6, 6.07) is 0.539. The van der Waals surface area contributed by atoms with E-state index in [0.29, 0.717) is 23.0 Å². The molecular formula is C19H31N7O. The summed E-state index contributed by atoms with van der Waals surface area (Å²) < 4.78 is 1.85. The Bertz CT molecular complexity index is 857. The van der Waals surface area contributed by atoms with Crippen LogP contribution in [0.15, 0.2) is 11.0 Å². The highest BCUT2D eigenvalue weighted by Gasteiger charge is 2.31. The Labute approximate surface area is 160 Å². The zero-order valence-electron chi connectivity index (χ0n) is 16.9. The summed E-state index contributed by atoms with van der Waals surface area (Å²) in [4.78, 5) is 27.6. The summed E-state index contributed by atoms with van der Waals surface area (Å²) in [5.74, 6) is 0.674. The van der Waals surface area contributed by atoms with Crippen LogP contribution in [0.5, 0.6) is 0 Å². The average molecular weight is 374 g/mol. The van der Waals surface area contributed by atoms with Crippen molar-refractivity contribution in [2.45, 2.75) is 45.7 Å². The summed E-state index contributed by atoms with van der Waals surface area (Å²) >= 11 is 0. The second-order valence-electron chi connectivity index (χ2n) is 8.71. The van der Waals surface area contributed by atoms with Crippen LogP contribution in [0.2, 0.25) is 0 Å². The summed E-state index contributed by atoms with van der Waals surface area (Å²) in [6.07, 6.45) is 2.74. The van der Waals surface area contributed by atoms with E-state index in [4.69, 9.17) is 4.98 Å². The lowest BCUT2D eigenvalue weighted by Gasteiger charge is -2.37. The van der Waals surface area contributed by atoms with Gasteiger partial charge in [-0.15, -0.1) is 0 Å². The van der Waals surface area contributed by atoms with E-state index in [9.17, 15) is 4.79 Å². The maximum Gasteiger partial charge on any atom is 0.263 e. The van der Waals surface area contributed by atoms with Gasteiger partial charge in [-0.05, 0) is 33.7 Å². The van der Waals surface area contributed by atoms with Gasteiger partial charge in [-0.3, -0.25) is 14.7 Å². The van der Waals surface area contributed by atoms with Gasteiger partial charge in [-0.1, -0.05) is 6.92 Å². The summed E-state index contributed by atoms with van der Waals surface area (Å²) in [5, 5.41) is 4.96. The molecule has 2 fully saturated rings. The number of nitrogens with one attached hydrogen (secondary N) is 1. The Hall–Kier alpha value is -1.93. The molecule has 4 rings (SSSR count). The minimum absolute atomic E-state index is 0.106. The van der Waals surface area contributed by atoms with Crippen molar-refractivity contribution in [2.75, 3.05) is 50.7 Å². The molecule has 0 spiro atoms. The number of aromatic nitrogens is 4. The highest BCUT2D eigenvalue weighted by molar-refractivity contribution is 5.74. The van der Waals surface area contributed by atoms with Crippen LogP contribution in [0.4, 0.5) is 5.95 Å². The molecule has 27 heavy (non-hydrogen) atoms. The van der Waals surface area contributed by atoms with Gasteiger partial charge in [0.05, 0.1) is 11.7 Å². The Balaban J connectivity index is 1.54. The summed E-state index contributed by atoms with van der Waals surface area (Å²) in [6.45, 7) is 16.0. The number of fused-ring (bicyclic) bond motifs is 1. The van der Waals surface area contributed by atoms with Crippen LogP contribution in [0.3, 0.4) is 0 Å². The van der Waals surface area contributed by atoms with E-state index in [2.05, 4.69) is 52.5 Å². The Morgan fingerprint density at radius 1 is 1.19 bits per heavy atom. The molecule has 2 aromatic heterocycles. The first-order valence-electron chi connectivity index (χ1n) is 10.1. The number of rotatable bonds is 3. The van der Waals surface area contributed by atoms with E-state index in [1.165, 1.54) is 0 Å². The van der Waals surface area contributed by atoms with E-state index in [-0.39, 0.29) is 11.1 Å². The average Bonchev–Trinajstić information content (AvgIpc) is 3.28. The number of hydrogen-bond donors (Lipinski definition) is 1. The topological polar surface area (TPSA) is 73.3 Å². The minimum Gasteiger partial charge on any atom is -0.341 e. The third-order valence-corrected chi connectivity index (χ3v) is 5.89. The van der Waals surface area contributed by atoms with Crippen LogP contribution < -0.4 is 10.5 Å². The molecule has 1 N–H and O–H groups in total. The molecule has 148 valence electrons. The van der Waals surface area contributed by atoms with Crippen molar-refractivity contribution in [3.05, 3.63) is 16.6 Å². The predicted octanol–water partition coefficient (Wildman–Crippen LogP) is 1.09. The lowest BCUT2D eigenvalue weighted by atomic mass is 10.1. The molecule has 0 radical (unpaired) electrons. The SMILES string of the molecule is CCN1CCN(C2CCN(c3nc4c(cnn4C(C)(C)C)c(=O)[nH]3)C2)CC1. The number of hydrogen-bond acceptors (Lipinski definition) is 6. The molecule has 0 amide bonds. The van der Waals surface area contributed by atoms with Gasteiger partial charge in [0.25, 0.3) is 5.56 Å². The van der Waals surface area contributed by atoms with Crippen LogP contribution in [0, 0.1) is 0 Å². The molecule has 4 heterocycles. The highest BCUT2D eigenvalue weighted by Crippen LogP contribution is 2.23. The molecule has 2 saturated heterocycles. The summed E-state index contributed by atoms with van der Waals surface area (Å²) in [7, 11) is 0. The standard InChI is InChI=1S/C19H31N7O/c1-5-23-8-10-24(11-9-23)14-6-7-25(13-14)18-21-16-15(17(27)22-18)12-20-26(16)19(2,3)4/h12,14H,5-11,13H2,1-4H3,(H,21,22,27). The van der Waals surface area contributed by atoms with Crippen LogP contribution in [-0.4, -0.2) is 81.4 Å². The molecule has 2 aromatic rings. The normalized spacial score (nSPS) is 22.8. The zero-order valence-corrected chi connectivity index (χ0v) is 16.9. The molecule has 1 atom stereocenters. The van der Waals surface area contributed by atoms with Crippen molar-refractivity contribution in [2.24, 2.45) is 0 Å². The number of likely N-dealkylation sites (N-methyl/N-ethyl adjacent to an activating group) is 1. The van der Waals surface area contributed by atoms with Crippen LogP contribution >= 0.6 is 0 Å². The van der Waals surface area contributed by atoms with Gasteiger partial charge < -0.3 is 9.80 Å². The van der Waals surface area contributed by atoms with Gasteiger partial charge in [0, 0.05) is 45.3 Å². The number of H-pyrrole nitrogens is 1. The van der Waals surface area contributed by atoms with E-state index < -0.39 is 0 Å². The minimum atomic E-state index is -0.216. The zero-order chi connectivity index (χ0) is 19.2. The Morgan fingerprint density at radius 3 is 2.59 bits per heavy atom. The fourth-order valence-corrected chi connectivity index (χ4v) is 4.22. The van der Waals surface area contributed by atoms with Crippen molar-refractivity contribution >= 4 is 17.0 Å². The maximum atomic E-state index is 12.6. The Kier molecular flexibility index (Phi) is 4.71. The second-order valence-corrected chi connectivity index (χ2v) is 8.71. The first-order valence-corrected chi connectivity index (χ1v) is 10.1. The molecule has 0 aromatic carbocycles. The second kappa shape index (κ2) is 6.91. The molecular weight excluding hydrogens is 342 g/mol. The first-order chi connectivity index (χ1) is 12.9. The maximum absolute atomic E-state index is 12.6. The van der Waals surface area contributed by atoms with E-state index in [0.717, 1.165) is 52.2 Å². The quantitative estimate of drug-likeness (QED) is 0.868. The van der Waals surface area contributed by atoms with Crippen molar-refractivity contribution in [1.29, 1.82) is 0 Å².